The summed E-state index contributed by atoms with van der Waals surface area (Å²) in [5, 5.41) is 11.6. The Morgan fingerprint density at radius 3 is 2.67 bits per heavy atom. The Hall–Kier alpha value is -1.56. The normalized spacial score (nSPS) is 10.2. The van der Waals surface area contributed by atoms with Crippen LogP contribution < -0.4 is 10.1 Å². The van der Waals surface area contributed by atoms with E-state index in [1.807, 2.05) is 13.8 Å². The van der Waals surface area contributed by atoms with E-state index in [9.17, 15) is 9.59 Å². The van der Waals surface area contributed by atoms with E-state index in [1.54, 1.807) is 12.1 Å². The van der Waals surface area contributed by atoms with Crippen LogP contribution in [-0.4, -0.2) is 29.6 Å². The Morgan fingerprint density at radius 1 is 1.44 bits per heavy atom. The van der Waals surface area contributed by atoms with E-state index in [2.05, 4.69) is 21.2 Å². The van der Waals surface area contributed by atoms with Crippen LogP contribution in [0.25, 0.3) is 0 Å². The van der Waals surface area contributed by atoms with Crippen molar-refractivity contribution in [1.29, 1.82) is 0 Å². The van der Waals surface area contributed by atoms with Crippen molar-refractivity contribution in [2.24, 2.45) is 0 Å². The molecular weight excluding hydrogens is 302 g/mol. The Balaban J connectivity index is 2.66. The molecular formula is C12H14BrNO4. The number of carbonyl (C=O) groups excluding carboxylic acids is 1. The third-order valence-corrected chi connectivity index (χ3v) is 2.68. The maximum atomic E-state index is 11.4. The van der Waals surface area contributed by atoms with Gasteiger partial charge in [0, 0.05) is 10.5 Å². The Morgan fingerprint density at radius 2 is 2.11 bits per heavy atom. The van der Waals surface area contributed by atoms with Crippen LogP contribution in [0.4, 0.5) is 0 Å². The number of nitrogens with one attached hydrogen (secondary N) is 1. The standard InChI is InChI=1S/C12H14BrNO4/c1-7(2)14-11(15)6-18-8-3-4-10(13)9(5-8)12(16)17/h3-5,7H,6H2,1-2H3,(H,14,15)(H,16,17). The van der Waals surface area contributed by atoms with E-state index in [0.29, 0.717) is 10.2 Å². The Bertz CT molecular complexity index is 459. The van der Waals surface area contributed by atoms with Crippen LogP contribution in [0.3, 0.4) is 0 Å². The molecule has 0 aliphatic rings. The lowest BCUT2D eigenvalue weighted by Crippen LogP contribution is -2.34. The van der Waals surface area contributed by atoms with Crippen LogP contribution in [0.5, 0.6) is 5.75 Å². The van der Waals surface area contributed by atoms with Crippen molar-refractivity contribution in [1.82, 2.24) is 5.32 Å². The molecule has 1 amide bonds. The molecule has 0 radical (unpaired) electrons. The molecule has 5 nitrogen and oxygen atoms in total. The highest BCUT2D eigenvalue weighted by atomic mass is 79.9. The van der Waals surface area contributed by atoms with Crippen molar-refractivity contribution < 1.29 is 19.4 Å². The predicted molar refractivity (Wildman–Crippen MR) is 69.9 cm³/mol. The highest BCUT2D eigenvalue weighted by Gasteiger charge is 2.10. The minimum absolute atomic E-state index is 0.0422. The van der Waals surface area contributed by atoms with Gasteiger partial charge in [0.15, 0.2) is 6.61 Å². The van der Waals surface area contributed by atoms with Crippen LogP contribution in [0.2, 0.25) is 0 Å². The van der Waals surface area contributed by atoms with Gasteiger partial charge in [0.2, 0.25) is 0 Å². The van der Waals surface area contributed by atoms with Gasteiger partial charge >= 0.3 is 5.97 Å². The average Bonchev–Trinajstić information content (AvgIpc) is 2.26. The van der Waals surface area contributed by atoms with Gasteiger partial charge < -0.3 is 15.2 Å². The molecule has 2 N–H and O–H groups in total. The summed E-state index contributed by atoms with van der Waals surface area (Å²) >= 11 is 3.13. The van der Waals surface area contributed by atoms with E-state index in [0.717, 1.165) is 0 Å². The zero-order valence-corrected chi connectivity index (χ0v) is 11.7. The van der Waals surface area contributed by atoms with Crippen molar-refractivity contribution >= 4 is 27.8 Å². The van der Waals surface area contributed by atoms with Gasteiger partial charge in [-0.15, -0.1) is 0 Å². The lowest BCUT2D eigenvalue weighted by molar-refractivity contribution is -0.123. The number of amides is 1. The number of rotatable bonds is 5. The summed E-state index contributed by atoms with van der Waals surface area (Å²) in [7, 11) is 0. The molecule has 0 aromatic heterocycles. The molecule has 98 valence electrons. The van der Waals surface area contributed by atoms with Crippen molar-refractivity contribution in [3.8, 4) is 5.75 Å². The molecule has 0 fully saturated rings. The molecule has 0 unspecified atom stereocenters. The van der Waals surface area contributed by atoms with Crippen molar-refractivity contribution in [3.63, 3.8) is 0 Å². The first-order valence-corrected chi connectivity index (χ1v) is 6.14. The molecule has 1 aromatic carbocycles. The van der Waals surface area contributed by atoms with Gasteiger partial charge in [-0.2, -0.15) is 0 Å². The number of carboxylic acids is 1. The number of aromatic carboxylic acids is 1. The monoisotopic (exact) mass is 315 g/mol. The van der Waals surface area contributed by atoms with E-state index in [-0.39, 0.29) is 24.1 Å². The van der Waals surface area contributed by atoms with Crippen LogP contribution >= 0.6 is 15.9 Å². The molecule has 1 aromatic rings. The first-order valence-electron chi connectivity index (χ1n) is 5.35. The number of ether oxygens (including phenoxy) is 1. The molecule has 6 heteroatoms. The van der Waals surface area contributed by atoms with Crippen LogP contribution in [-0.2, 0) is 4.79 Å². The maximum Gasteiger partial charge on any atom is 0.336 e. The molecule has 0 atom stereocenters. The fraction of sp³-hybridized carbons (Fsp3) is 0.333. The van der Waals surface area contributed by atoms with Gasteiger partial charge in [-0.05, 0) is 48.0 Å². The highest BCUT2D eigenvalue weighted by molar-refractivity contribution is 9.10. The van der Waals surface area contributed by atoms with Crippen LogP contribution in [0, 0.1) is 0 Å². The number of benzene rings is 1. The summed E-state index contributed by atoms with van der Waals surface area (Å²) in [4.78, 5) is 22.2. The smallest absolute Gasteiger partial charge is 0.336 e. The lowest BCUT2D eigenvalue weighted by Gasteiger charge is -2.10. The van der Waals surface area contributed by atoms with Crippen molar-refractivity contribution in [2.75, 3.05) is 6.61 Å². The zero-order valence-electron chi connectivity index (χ0n) is 10.1. The van der Waals surface area contributed by atoms with E-state index in [4.69, 9.17) is 9.84 Å². The number of hydrogen-bond donors (Lipinski definition) is 2. The van der Waals surface area contributed by atoms with Gasteiger partial charge in [-0.1, -0.05) is 0 Å². The van der Waals surface area contributed by atoms with E-state index in [1.165, 1.54) is 6.07 Å². The van der Waals surface area contributed by atoms with Crippen LogP contribution in [0.1, 0.15) is 24.2 Å². The minimum Gasteiger partial charge on any atom is -0.484 e. The fourth-order valence-electron chi connectivity index (χ4n) is 1.27. The average molecular weight is 316 g/mol. The topological polar surface area (TPSA) is 75.6 Å². The van der Waals surface area contributed by atoms with Gasteiger partial charge in [0.1, 0.15) is 5.75 Å². The van der Waals surface area contributed by atoms with E-state index < -0.39 is 5.97 Å². The third kappa shape index (κ3) is 4.37. The SMILES string of the molecule is CC(C)NC(=O)COc1ccc(Br)c(C(=O)O)c1. The van der Waals surface area contributed by atoms with Crippen molar-refractivity contribution in [2.45, 2.75) is 19.9 Å². The Kier molecular flexibility index (Phi) is 5.15. The quantitative estimate of drug-likeness (QED) is 0.872. The lowest BCUT2D eigenvalue weighted by atomic mass is 10.2. The predicted octanol–water partition coefficient (Wildman–Crippen LogP) is 2.05. The van der Waals surface area contributed by atoms with Gasteiger partial charge in [-0.25, -0.2) is 4.79 Å². The first kappa shape index (κ1) is 14.5. The summed E-state index contributed by atoms with van der Waals surface area (Å²) in [5.41, 5.74) is 0.0942. The largest absolute Gasteiger partial charge is 0.484 e. The van der Waals surface area contributed by atoms with Gasteiger partial charge in [0.05, 0.1) is 5.56 Å². The molecule has 0 heterocycles. The van der Waals surface area contributed by atoms with Gasteiger partial charge in [-0.3, -0.25) is 4.79 Å². The van der Waals surface area contributed by atoms with Crippen molar-refractivity contribution in [3.05, 3.63) is 28.2 Å². The highest BCUT2D eigenvalue weighted by Crippen LogP contribution is 2.22. The summed E-state index contributed by atoms with van der Waals surface area (Å²) in [6.45, 7) is 3.55. The third-order valence-electron chi connectivity index (χ3n) is 1.99. The summed E-state index contributed by atoms with van der Waals surface area (Å²) < 4.78 is 5.68. The number of carbonyl (C=O) groups is 2. The van der Waals surface area contributed by atoms with E-state index >= 15 is 0 Å². The Labute approximate surface area is 113 Å². The number of halogens is 1. The molecule has 0 spiro atoms. The fourth-order valence-corrected chi connectivity index (χ4v) is 1.69. The summed E-state index contributed by atoms with van der Waals surface area (Å²) in [6.07, 6.45) is 0. The molecule has 0 aliphatic heterocycles. The molecule has 0 saturated heterocycles. The summed E-state index contributed by atoms with van der Waals surface area (Å²) in [5.74, 6) is -0.960. The second-order valence-electron chi connectivity index (χ2n) is 3.96. The maximum absolute atomic E-state index is 11.4. The molecule has 0 aliphatic carbocycles. The summed E-state index contributed by atoms with van der Waals surface area (Å²) in [6, 6.07) is 4.58. The molecule has 18 heavy (non-hydrogen) atoms. The second kappa shape index (κ2) is 6.39. The molecule has 0 saturated carbocycles. The van der Waals surface area contributed by atoms with Gasteiger partial charge in [0.25, 0.3) is 5.91 Å². The molecule has 1 rings (SSSR count). The zero-order chi connectivity index (χ0) is 13.7. The number of carboxylic acid groups (broad SMARTS) is 1. The van der Waals surface area contributed by atoms with Crippen LogP contribution in [0.15, 0.2) is 22.7 Å². The number of hydrogen-bond acceptors (Lipinski definition) is 3. The molecule has 0 bridgehead atoms. The second-order valence-corrected chi connectivity index (χ2v) is 4.81. The minimum atomic E-state index is -1.06. The first-order chi connectivity index (χ1) is 8.40.